The quantitative estimate of drug-likeness (QED) is 0.461. The van der Waals surface area contributed by atoms with Gasteiger partial charge in [0.2, 0.25) is 0 Å². The van der Waals surface area contributed by atoms with Crippen LogP contribution in [0.5, 0.6) is 0 Å². The number of fused-ring (bicyclic) bond motifs is 3. The molecule has 3 atom stereocenters. The molecule has 0 amide bonds. The molecule has 186 valence electrons. The number of nitrogens with zero attached hydrogens (tertiary/aromatic N) is 3. The molecule has 6 aliphatic rings. The van der Waals surface area contributed by atoms with Crippen molar-refractivity contribution in [1.29, 1.82) is 10.5 Å². The van der Waals surface area contributed by atoms with Gasteiger partial charge in [-0.3, -0.25) is 4.79 Å². The van der Waals surface area contributed by atoms with Crippen molar-refractivity contribution in [2.45, 2.75) is 56.5 Å². The summed E-state index contributed by atoms with van der Waals surface area (Å²) in [6, 6.07) is 15.0. The third kappa shape index (κ3) is 3.14. The fourth-order valence-electron chi connectivity index (χ4n) is 9.03. The Kier molecular flexibility index (Phi) is 4.93. The van der Waals surface area contributed by atoms with Gasteiger partial charge in [0.1, 0.15) is 5.82 Å². The minimum atomic E-state index is -1.51. The zero-order chi connectivity index (χ0) is 25.5. The normalized spacial score (nSPS) is 35.9. The number of ketones is 1. The number of benzene rings is 2. The number of carbonyl (C=O) groups is 1. The highest BCUT2D eigenvalue weighted by Crippen LogP contribution is 2.63. The minimum absolute atomic E-state index is 0.162. The number of halogens is 2. The van der Waals surface area contributed by atoms with Crippen LogP contribution in [0.1, 0.15) is 55.6 Å². The van der Waals surface area contributed by atoms with Gasteiger partial charge in [-0.15, -0.1) is 0 Å². The van der Waals surface area contributed by atoms with E-state index in [1.165, 1.54) is 31.4 Å². The molecule has 0 N–H and O–H groups in total. The van der Waals surface area contributed by atoms with Gasteiger partial charge in [-0.25, -0.2) is 4.39 Å². The van der Waals surface area contributed by atoms with Crippen molar-refractivity contribution in [2.75, 3.05) is 4.90 Å². The van der Waals surface area contributed by atoms with Crippen LogP contribution < -0.4 is 4.90 Å². The fraction of sp³-hybridized carbons (Fsp3) is 0.452. The monoisotopic (exact) mass is 511 g/mol. The molecule has 1 saturated heterocycles. The third-order valence-electron chi connectivity index (χ3n) is 10.0. The summed E-state index contributed by atoms with van der Waals surface area (Å²) in [5.41, 5.74) is 0.424. The van der Waals surface area contributed by atoms with Crippen LogP contribution in [-0.2, 0) is 4.79 Å². The van der Waals surface area contributed by atoms with Crippen LogP contribution in [0.15, 0.2) is 48.5 Å². The van der Waals surface area contributed by atoms with E-state index in [4.69, 9.17) is 11.6 Å². The van der Waals surface area contributed by atoms with E-state index in [1.54, 1.807) is 18.2 Å². The molecule has 2 aromatic carbocycles. The molecule has 37 heavy (non-hydrogen) atoms. The number of rotatable bonds is 3. The predicted octanol–water partition coefficient (Wildman–Crippen LogP) is 6.67. The predicted molar refractivity (Wildman–Crippen MR) is 139 cm³/mol. The standard InChI is InChI=1S/C31H27ClFN3O/c32-23-4-7-25-22(12-23)3-8-26-31(16-34,17-35)27(21-1-5-24(33)6-2-21)28(36(25)26)29(37)30-13-18-9-19(14-30)11-20(10-18)15-30/h1-8,12,18-20,26-28H,9-11,13-15H2/t18?,19?,20?,26-,27+,28-,30?/m1/s1. The number of anilines is 1. The molecular weight excluding hydrogens is 485 g/mol. The number of nitriles is 2. The van der Waals surface area contributed by atoms with Crippen LogP contribution in [0, 0.1) is 57.1 Å². The maximum atomic E-state index is 15.0. The van der Waals surface area contributed by atoms with Crippen LogP contribution in [-0.4, -0.2) is 17.9 Å². The van der Waals surface area contributed by atoms with E-state index in [-0.39, 0.29) is 11.6 Å². The molecule has 4 nitrogen and oxygen atoms in total. The summed E-state index contributed by atoms with van der Waals surface area (Å²) in [6.45, 7) is 0. The van der Waals surface area contributed by atoms with Crippen LogP contribution in [0.4, 0.5) is 10.1 Å². The number of carbonyl (C=O) groups excluding carboxylic acids is 1. The van der Waals surface area contributed by atoms with Gasteiger partial charge >= 0.3 is 0 Å². The number of Topliss-reactive ketones (excluding diaryl/α,β-unsaturated/α-hetero) is 1. The summed E-state index contributed by atoms with van der Waals surface area (Å²) in [5.74, 6) is 0.819. The molecule has 0 spiro atoms. The molecule has 5 fully saturated rings. The second kappa shape index (κ2) is 7.92. The molecule has 4 bridgehead atoms. The molecule has 0 unspecified atom stereocenters. The molecule has 4 saturated carbocycles. The number of hydrogen-bond acceptors (Lipinski definition) is 4. The van der Waals surface area contributed by atoms with E-state index in [9.17, 15) is 14.9 Å². The van der Waals surface area contributed by atoms with Crippen LogP contribution in [0.25, 0.3) is 6.08 Å². The SMILES string of the molecule is N#CC1(C#N)[C@@H](c2ccc(F)cc2)[C@H](C(=O)C23CC4CC(CC(C4)C2)C3)N2c3ccc(Cl)cc3C=C[C@@H]21. The van der Waals surface area contributed by atoms with Crippen molar-refractivity contribution in [3.05, 3.63) is 70.5 Å². The van der Waals surface area contributed by atoms with E-state index in [0.29, 0.717) is 28.3 Å². The second-order valence-electron chi connectivity index (χ2n) is 12.0. The maximum absolute atomic E-state index is 15.0. The lowest BCUT2D eigenvalue weighted by molar-refractivity contribution is -0.145. The smallest absolute Gasteiger partial charge is 0.176 e. The molecule has 2 heterocycles. The van der Waals surface area contributed by atoms with E-state index in [2.05, 4.69) is 12.1 Å². The Balaban J connectivity index is 1.44. The summed E-state index contributed by atoms with van der Waals surface area (Å²) >= 11 is 6.32. The third-order valence-corrected chi connectivity index (χ3v) is 10.3. The highest BCUT2D eigenvalue weighted by atomic mass is 35.5. The van der Waals surface area contributed by atoms with Gasteiger partial charge in [-0.1, -0.05) is 35.9 Å². The lowest BCUT2D eigenvalue weighted by Crippen LogP contribution is -2.56. The molecule has 8 rings (SSSR count). The van der Waals surface area contributed by atoms with Gasteiger partial charge < -0.3 is 4.90 Å². The van der Waals surface area contributed by atoms with Gasteiger partial charge in [-0.05, 0) is 97.7 Å². The van der Waals surface area contributed by atoms with Crippen molar-refractivity contribution >= 4 is 29.1 Å². The summed E-state index contributed by atoms with van der Waals surface area (Å²) < 4.78 is 14.0. The Bertz CT molecular complexity index is 1370. The first kappa shape index (κ1) is 23.0. The summed E-state index contributed by atoms with van der Waals surface area (Å²) in [7, 11) is 0. The first-order valence-corrected chi connectivity index (χ1v) is 13.6. The van der Waals surface area contributed by atoms with E-state index in [0.717, 1.165) is 30.5 Å². The molecule has 2 aliphatic heterocycles. The fourth-order valence-corrected chi connectivity index (χ4v) is 9.22. The van der Waals surface area contributed by atoms with E-state index >= 15 is 4.79 Å². The number of hydrogen-bond donors (Lipinski definition) is 0. The molecule has 6 heteroatoms. The molecular formula is C31H27ClFN3O. The first-order chi connectivity index (χ1) is 17.9. The van der Waals surface area contributed by atoms with Gasteiger partial charge in [0.15, 0.2) is 11.2 Å². The largest absolute Gasteiger partial charge is 0.351 e. The van der Waals surface area contributed by atoms with Crippen molar-refractivity contribution in [3.8, 4) is 12.1 Å². The average molecular weight is 512 g/mol. The average Bonchev–Trinajstić information content (AvgIpc) is 3.18. The molecule has 0 aromatic heterocycles. The summed E-state index contributed by atoms with van der Waals surface area (Å²) in [6.07, 6.45) is 10.1. The van der Waals surface area contributed by atoms with Crippen molar-refractivity contribution in [1.82, 2.24) is 0 Å². The summed E-state index contributed by atoms with van der Waals surface area (Å²) in [4.78, 5) is 17.1. The lowest BCUT2D eigenvalue weighted by atomic mass is 9.47. The molecule has 4 aliphatic carbocycles. The highest BCUT2D eigenvalue weighted by molar-refractivity contribution is 6.30. The second-order valence-corrected chi connectivity index (χ2v) is 12.5. The van der Waals surface area contributed by atoms with Gasteiger partial charge in [0.25, 0.3) is 0 Å². The van der Waals surface area contributed by atoms with Crippen LogP contribution >= 0.6 is 11.6 Å². The first-order valence-electron chi connectivity index (χ1n) is 13.3. The van der Waals surface area contributed by atoms with Crippen LogP contribution in [0.2, 0.25) is 5.02 Å². The zero-order valence-corrected chi connectivity index (χ0v) is 21.2. The topological polar surface area (TPSA) is 67.9 Å². The van der Waals surface area contributed by atoms with Crippen LogP contribution in [0.3, 0.4) is 0 Å². The Labute approximate surface area is 221 Å². The Hall–Kier alpha value is -3.15. The van der Waals surface area contributed by atoms with Crippen molar-refractivity contribution in [2.24, 2.45) is 28.6 Å². The Morgan fingerprint density at radius 2 is 1.59 bits per heavy atom. The Morgan fingerprint density at radius 3 is 2.19 bits per heavy atom. The van der Waals surface area contributed by atoms with Crippen molar-refractivity contribution < 1.29 is 9.18 Å². The Morgan fingerprint density at radius 1 is 0.973 bits per heavy atom. The maximum Gasteiger partial charge on any atom is 0.176 e. The van der Waals surface area contributed by atoms with Gasteiger partial charge in [-0.2, -0.15) is 10.5 Å². The zero-order valence-electron chi connectivity index (χ0n) is 20.4. The van der Waals surface area contributed by atoms with Gasteiger partial charge in [0.05, 0.1) is 24.2 Å². The summed E-state index contributed by atoms with van der Waals surface area (Å²) in [5, 5.41) is 21.8. The van der Waals surface area contributed by atoms with E-state index in [1.807, 2.05) is 29.2 Å². The lowest BCUT2D eigenvalue weighted by Gasteiger charge is -2.57. The van der Waals surface area contributed by atoms with Gasteiger partial charge in [0, 0.05) is 22.0 Å². The molecule has 2 aromatic rings. The highest BCUT2D eigenvalue weighted by Gasteiger charge is 2.66. The van der Waals surface area contributed by atoms with Crippen molar-refractivity contribution in [3.63, 3.8) is 0 Å². The minimum Gasteiger partial charge on any atom is -0.351 e. The van der Waals surface area contributed by atoms with E-state index < -0.39 is 28.8 Å². The molecule has 0 radical (unpaired) electrons.